The minimum absolute atomic E-state index is 0.329. The third-order valence-electron chi connectivity index (χ3n) is 4.65. The van der Waals surface area contributed by atoms with Crippen molar-refractivity contribution in [3.8, 4) is 0 Å². The molecule has 7 nitrogen and oxygen atoms in total. The normalized spacial score (nSPS) is 13.9. The van der Waals surface area contributed by atoms with Crippen LogP contribution in [0.4, 0.5) is 27.8 Å². The number of anilines is 4. The van der Waals surface area contributed by atoms with Gasteiger partial charge in [-0.1, -0.05) is 36.4 Å². The Labute approximate surface area is 164 Å². The predicted molar refractivity (Wildman–Crippen MR) is 112 cm³/mol. The number of nitrogens with one attached hydrogen (secondary N) is 2. The van der Waals surface area contributed by atoms with Gasteiger partial charge in [0.05, 0.1) is 0 Å². The molecule has 1 aliphatic heterocycles. The van der Waals surface area contributed by atoms with Crippen molar-refractivity contribution in [1.29, 1.82) is 0 Å². The summed E-state index contributed by atoms with van der Waals surface area (Å²) in [5.41, 5.74) is 1.97. The number of benzene rings is 2. The smallest absolute Gasteiger partial charge is 0.324 e. The molecule has 0 aliphatic carbocycles. The van der Waals surface area contributed by atoms with Crippen LogP contribution in [0.1, 0.15) is 0 Å². The standard InChI is InChI=1S/C21H22N6O/c28-21(24-17-7-3-1-4-8-17)25-19-15-20(23-16-22-19)27-13-11-26(12-14-27)18-9-5-2-6-10-18/h1-10,15-16H,11-14H2,(H2,22,23,24,25,28). The van der Waals surface area contributed by atoms with Crippen molar-refractivity contribution >= 4 is 29.0 Å². The van der Waals surface area contributed by atoms with Gasteiger partial charge < -0.3 is 15.1 Å². The Morgan fingerprint density at radius 2 is 1.43 bits per heavy atom. The van der Waals surface area contributed by atoms with Gasteiger partial charge in [-0.15, -0.1) is 0 Å². The molecule has 2 N–H and O–H groups in total. The number of hydrogen-bond acceptors (Lipinski definition) is 5. The fourth-order valence-corrected chi connectivity index (χ4v) is 3.22. The maximum Gasteiger partial charge on any atom is 0.324 e. The van der Waals surface area contributed by atoms with E-state index >= 15 is 0 Å². The summed E-state index contributed by atoms with van der Waals surface area (Å²) in [6, 6.07) is 21.2. The Morgan fingerprint density at radius 3 is 2.14 bits per heavy atom. The van der Waals surface area contributed by atoms with Crippen LogP contribution in [0.15, 0.2) is 73.1 Å². The lowest BCUT2D eigenvalue weighted by Crippen LogP contribution is -2.46. The van der Waals surface area contributed by atoms with Gasteiger partial charge in [0.15, 0.2) is 0 Å². The van der Waals surface area contributed by atoms with E-state index in [0.29, 0.717) is 5.82 Å². The van der Waals surface area contributed by atoms with E-state index in [9.17, 15) is 4.79 Å². The number of aromatic nitrogens is 2. The number of amides is 2. The van der Waals surface area contributed by atoms with Gasteiger partial charge >= 0.3 is 6.03 Å². The summed E-state index contributed by atoms with van der Waals surface area (Å²) in [5, 5.41) is 5.55. The highest BCUT2D eigenvalue weighted by Gasteiger charge is 2.19. The van der Waals surface area contributed by atoms with Crippen LogP contribution in [-0.2, 0) is 0 Å². The number of urea groups is 1. The van der Waals surface area contributed by atoms with E-state index in [1.54, 1.807) is 0 Å². The fourth-order valence-electron chi connectivity index (χ4n) is 3.22. The summed E-state index contributed by atoms with van der Waals surface area (Å²) in [6.07, 6.45) is 1.48. The van der Waals surface area contributed by atoms with Gasteiger partial charge in [0.2, 0.25) is 0 Å². The highest BCUT2D eigenvalue weighted by atomic mass is 16.2. The average molecular weight is 374 g/mol. The van der Waals surface area contributed by atoms with Gasteiger partial charge in [-0.05, 0) is 24.3 Å². The Bertz CT molecular complexity index is 910. The van der Waals surface area contributed by atoms with Crippen LogP contribution in [0, 0.1) is 0 Å². The molecular formula is C21H22N6O. The molecular weight excluding hydrogens is 352 g/mol. The van der Waals surface area contributed by atoms with Crippen molar-refractivity contribution < 1.29 is 4.79 Å². The van der Waals surface area contributed by atoms with Crippen molar-refractivity contribution in [1.82, 2.24) is 9.97 Å². The van der Waals surface area contributed by atoms with Gasteiger partial charge in [-0.25, -0.2) is 14.8 Å². The van der Waals surface area contributed by atoms with Crippen LogP contribution in [0.25, 0.3) is 0 Å². The minimum atomic E-state index is -0.329. The van der Waals surface area contributed by atoms with E-state index in [4.69, 9.17) is 0 Å². The Morgan fingerprint density at radius 1 is 0.786 bits per heavy atom. The first-order valence-electron chi connectivity index (χ1n) is 9.28. The zero-order valence-electron chi connectivity index (χ0n) is 15.5. The number of piperazine rings is 1. The molecule has 2 amide bonds. The van der Waals surface area contributed by atoms with Gasteiger partial charge in [0.25, 0.3) is 0 Å². The molecule has 4 rings (SSSR count). The van der Waals surface area contributed by atoms with Crippen LogP contribution in [0.5, 0.6) is 0 Å². The summed E-state index contributed by atoms with van der Waals surface area (Å²) in [7, 11) is 0. The lowest BCUT2D eigenvalue weighted by molar-refractivity contribution is 0.262. The average Bonchev–Trinajstić information content (AvgIpc) is 2.75. The lowest BCUT2D eigenvalue weighted by Gasteiger charge is -2.36. The molecule has 0 bridgehead atoms. The fraction of sp³-hybridized carbons (Fsp3) is 0.190. The molecule has 1 aromatic heterocycles. The molecule has 142 valence electrons. The van der Waals surface area contributed by atoms with Gasteiger partial charge in [-0.3, -0.25) is 5.32 Å². The molecule has 0 radical (unpaired) electrons. The number of rotatable bonds is 4. The molecule has 0 atom stereocenters. The monoisotopic (exact) mass is 374 g/mol. The van der Waals surface area contributed by atoms with Crippen LogP contribution in [0.2, 0.25) is 0 Å². The Kier molecular flexibility index (Phi) is 5.33. The topological polar surface area (TPSA) is 73.4 Å². The molecule has 1 saturated heterocycles. The molecule has 2 aromatic carbocycles. The third-order valence-corrected chi connectivity index (χ3v) is 4.65. The minimum Gasteiger partial charge on any atom is -0.368 e. The van der Waals surface area contributed by atoms with Crippen LogP contribution >= 0.6 is 0 Å². The quantitative estimate of drug-likeness (QED) is 0.732. The van der Waals surface area contributed by atoms with Crippen molar-refractivity contribution in [3.05, 3.63) is 73.1 Å². The van der Waals surface area contributed by atoms with Crippen LogP contribution in [-0.4, -0.2) is 42.2 Å². The molecule has 0 saturated carbocycles. The van der Waals surface area contributed by atoms with Gasteiger partial charge in [0, 0.05) is 43.6 Å². The van der Waals surface area contributed by atoms with Crippen molar-refractivity contribution in [2.75, 3.05) is 46.6 Å². The molecule has 7 heteroatoms. The van der Waals surface area contributed by atoms with Gasteiger partial charge in [0.1, 0.15) is 18.0 Å². The zero-order valence-corrected chi connectivity index (χ0v) is 15.5. The summed E-state index contributed by atoms with van der Waals surface area (Å²) in [6.45, 7) is 3.57. The Balaban J connectivity index is 1.36. The summed E-state index contributed by atoms with van der Waals surface area (Å²) in [5.74, 6) is 1.29. The summed E-state index contributed by atoms with van der Waals surface area (Å²) >= 11 is 0. The van der Waals surface area contributed by atoms with E-state index in [-0.39, 0.29) is 6.03 Å². The van der Waals surface area contributed by atoms with E-state index < -0.39 is 0 Å². The molecule has 0 unspecified atom stereocenters. The van der Waals surface area contributed by atoms with Crippen molar-refractivity contribution in [3.63, 3.8) is 0 Å². The number of hydrogen-bond donors (Lipinski definition) is 2. The van der Waals surface area contributed by atoms with E-state index in [1.165, 1.54) is 12.0 Å². The lowest BCUT2D eigenvalue weighted by atomic mass is 10.2. The van der Waals surface area contributed by atoms with Crippen molar-refractivity contribution in [2.24, 2.45) is 0 Å². The Hall–Kier alpha value is -3.61. The predicted octanol–water partition coefficient (Wildman–Crippen LogP) is 3.45. The van der Waals surface area contributed by atoms with Gasteiger partial charge in [-0.2, -0.15) is 0 Å². The van der Waals surface area contributed by atoms with Crippen LogP contribution in [0.3, 0.4) is 0 Å². The second-order valence-corrected chi connectivity index (χ2v) is 6.52. The second-order valence-electron chi connectivity index (χ2n) is 6.52. The first-order valence-corrected chi connectivity index (χ1v) is 9.28. The third kappa shape index (κ3) is 4.37. The van der Waals surface area contributed by atoms with Crippen molar-refractivity contribution in [2.45, 2.75) is 0 Å². The first-order chi connectivity index (χ1) is 13.8. The van der Waals surface area contributed by atoms with E-state index in [0.717, 1.165) is 37.7 Å². The number of carbonyl (C=O) groups is 1. The zero-order chi connectivity index (χ0) is 19.2. The second kappa shape index (κ2) is 8.39. The maximum atomic E-state index is 12.2. The van der Waals surface area contributed by atoms with E-state index in [2.05, 4.69) is 54.7 Å². The summed E-state index contributed by atoms with van der Waals surface area (Å²) < 4.78 is 0. The highest BCUT2D eigenvalue weighted by molar-refractivity contribution is 5.99. The van der Waals surface area contributed by atoms with E-state index in [1.807, 2.05) is 42.5 Å². The summed E-state index contributed by atoms with van der Waals surface area (Å²) in [4.78, 5) is 25.3. The highest BCUT2D eigenvalue weighted by Crippen LogP contribution is 2.20. The maximum absolute atomic E-state index is 12.2. The molecule has 1 aliphatic rings. The number of nitrogens with zero attached hydrogens (tertiary/aromatic N) is 4. The molecule has 1 fully saturated rings. The SMILES string of the molecule is O=C(Nc1ccccc1)Nc1cc(N2CCN(c3ccccc3)CC2)ncn1. The van der Waals surface area contributed by atoms with Crippen LogP contribution < -0.4 is 20.4 Å². The number of para-hydroxylation sites is 2. The molecule has 0 spiro atoms. The molecule has 28 heavy (non-hydrogen) atoms. The largest absolute Gasteiger partial charge is 0.368 e. The first kappa shape index (κ1) is 17.8. The number of carbonyl (C=O) groups excluding carboxylic acids is 1. The molecule has 2 heterocycles. The molecule has 3 aromatic rings.